The molecule has 0 aliphatic carbocycles. The summed E-state index contributed by atoms with van der Waals surface area (Å²) >= 11 is 0. The van der Waals surface area contributed by atoms with Crippen LogP contribution in [-0.4, -0.2) is 24.0 Å². The number of esters is 1. The van der Waals surface area contributed by atoms with Crippen LogP contribution < -0.4 is 0 Å². The quantitative estimate of drug-likeness (QED) is 0.391. The second kappa shape index (κ2) is 2.18. The molecule has 2 rings (SSSR count). The van der Waals surface area contributed by atoms with Gasteiger partial charge in [0.25, 0.3) is 0 Å². The van der Waals surface area contributed by atoms with Crippen LogP contribution in [-0.2, 0) is 14.3 Å². The second-order valence-electron chi connectivity index (χ2n) is 2.27. The lowest BCUT2D eigenvalue weighted by Crippen LogP contribution is -2.19. The van der Waals surface area contributed by atoms with E-state index in [-0.39, 0.29) is 6.61 Å². The molecule has 11 heavy (non-hydrogen) atoms. The third kappa shape index (κ3) is 0.961. The van der Waals surface area contributed by atoms with Crippen molar-refractivity contribution in [2.24, 2.45) is 0 Å². The number of hydrogen-bond donors (Lipinski definition) is 1. The molecule has 0 aromatic rings. The van der Waals surface area contributed by atoms with E-state index in [2.05, 4.69) is 0 Å². The Balaban J connectivity index is 2.38. The minimum Gasteiger partial charge on any atom is -0.423 e. The lowest BCUT2D eigenvalue weighted by Gasteiger charge is -2.16. The molecule has 1 unspecified atom stereocenters. The van der Waals surface area contributed by atoms with Crippen LogP contribution in [0.25, 0.3) is 0 Å². The highest BCUT2D eigenvalue weighted by Crippen LogP contribution is 2.26. The van der Waals surface area contributed by atoms with E-state index in [9.17, 15) is 4.79 Å². The van der Waals surface area contributed by atoms with Crippen molar-refractivity contribution in [1.29, 1.82) is 0 Å². The Morgan fingerprint density at radius 3 is 3.18 bits per heavy atom. The Kier molecular flexibility index (Phi) is 1.30. The van der Waals surface area contributed by atoms with Crippen molar-refractivity contribution in [3.05, 3.63) is 23.5 Å². The third-order valence-electron chi connectivity index (χ3n) is 1.56. The van der Waals surface area contributed by atoms with Crippen molar-refractivity contribution >= 4 is 5.97 Å². The van der Waals surface area contributed by atoms with E-state index in [0.29, 0.717) is 11.3 Å². The van der Waals surface area contributed by atoms with Gasteiger partial charge in [0.1, 0.15) is 5.76 Å². The lowest BCUT2D eigenvalue weighted by molar-refractivity contribution is -0.132. The fourth-order valence-corrected chi connectivity index (χ4v) is 1.05. The van der Waals surface area contributed by atoms with Crippen LogP contribution in [0, 0.1) is 0 Å². The third-order valence-corrected chi connectivity index (χ3v) is 1.56. The molecule has 0 saturated carbocycles. The first-order valence-corrected chi connectivity index (χ1v) is 3.21. The van der Waals surface area contributed by atoms with E-state index in [1.807, 2.05) is 0 Å². The molecule has 4 heteroatoms. The monoisotopic (exact) mass is 161 g/mol. The molecule has 1 N–H and O–H groups in total. The Morgan fingerprint density at radius 1 is 1.64 bits per heavy atom. The molecule has 2 aliphatic heterocycles. The summed E-state index contributed by atoms with van der Waals surface area (Å²) in [6, 6.07) is 0. The molecular weight excluding hydrogens is 155 g/mol. The van der Waals surface area contributed by atoms with Crippen LogP contribution in [0.2, 0.25) is 0 Å². The standard InChI is InChI=1S/C7H6O4/c8-6-3-4-5(11-6)1-2-10-7(4)9/h1,3,7,9H,2H2/i1+1,2+1,3+1,4+1,5+1,6+1,7+1. The second-order valence-corrected chi connectivity index (χ2v) is 2.27. The maximum Gasteiger partial charge on any atom is 0.336 e. The number of carbonyl (C=O) groups is 1. The summed E-state index contributed by atoms with van der Waals surface area (Å²) in [4.78, 5) is 10.6. The van der Waals surface area contributed by atoms with Crippen LogP contribution >= 0.6 is 0 Å². The molecule has 0 saturated heterocycles. The molecule has 0 spiro atoms. The fourth-order valence-electron chi connectivity index (χ4n) is 1.05. The van der Waals surface area contributed by atoms with Gasteiger partial charge in [0, 0.05) is 6.08 Å². The molecule has 0 fully saturated rings. The normalized spacial score (nSPS) is 28.8. The average Bonchev–Trinajstić information content (AvgIpc) is 2.31. The van der Waals surface area contributed by atoms with Gasteiger partial charge in [-0.05, 0) is 6.08 Å². The van der Waals surface area contributed by atoms with Crippen LogP contribution in [0.1, 0.15) is 0 Å². The maximum absolute atomic E-state index is 10.6. The van der Waals surface area contributed by atoms with Gasteiger partial charge in [0.05, 0.1) is 12.2 Å². The molecule has 0 aromatic carbocycles. The van der Waals surface area contributed by atoms with E-state index in [1.54, 1.807) is 6.08 Å². The van der Waals surface area contributed by atoms with Gasteiger partial charge in [-0.25, -0.2) is 4.79 Å². The molecule has 4 nitrogen and oxygen atoms in total. The predicted octanol–water partition coefficient (Wildman–Crippen LogP) is -0.298. The Morgan fingerprint density at radius 2 is 2.45 bits per heavy atom. The van der Waals surface area contributed by atoms with Gasteiger partial charge < -0.3 is 14.6 Å². The molecule has 58 valence electrons. The summed E-state index contributed by atoms with van der Waals surface area (Å²) in [5, 5.41) is 9.13. The zero-order valence-corrected chi connectivity index (χ0v) is 5.61. The van der Waals surface area contributed by atoms with Crippen LogP contribution in [0.4, 0.5) is 0 Å². The average molecular weight is 161 g/mol. The van der Waals surface area contributed by atoms with Crippen LogP contribution in [0.5, 0.6) is 0 Å². The highest BCUT2D eigenvalue weighted by atomic mass is 16.8. The SMILES string of the molecule is O=[13C]1[13CH]=[13C]2[13C](=[13CH][13CH2]O[13CH]2O)O1. The van der Waals surface area contributed by atoms with E-state index < -0.39 is 12.3 Å². The molecule has 0 amide bonds. The Bertz CT molecular complexity index is 264. The van der Waals surface area contributed by atoms with Crippen molar-refractivity contribution in [1.82, 2.24) is 0 Å². The molecule has 2 heterocycles. The first-order chi connectivity index (χ1) is 5.27. The van der Waals surface area contributed by atoms with Gasteiger partial charge in [-0.1, -0.05) is 0 Å². The van der Waals surface area contributed by atoms with Crippen molar-refractivity contribution < 1.29 is 19.4 Å². The number of hydrogen-bond acceptors (Lipinski definition) is 4. The summed E-state index contributed by atoms with van der Waals surface area (Å²) < 4.78 is 9.54. The lowest BCUT2D eigenvalue weighted by atomic mass is 11.1. The van der Waals surface area contributed by atoms with E-state index in [0.717, 1.165) is 0 Å². The summed E-state index contributed by atoms with van der Waals surface area (Å²) in [5.41, 5.74) is 0.418. The number of ether oxygens (including phenoxy) is 2. The highest BCUT2D eigenvalue weighted by molar-refractivity contribution is 5.88. The van der Waals surface area contributed by atoms with Crippen molar-refractivity contribution in [2.45, 2.75) is 6.29 Å². The van der Waals surface area contributed by atoms with Gasteiger partial charge in [0.15, 0.2) is 6.29 Å². The van der Waals surface area contributed by atoms with Gasteiger partial charge in [0.2, 0.25) is 0 Å². The minimum atomic E-state index is -1.01. The fraction of sp³-hybridized carbons (Fsp3) is 0.286. The molecule has 0 bridgehead atoms. The van der Waals surface area contributed by atoms with E-state index in [1.165, 1.54) is 6.08 Å². The number of aliphatic hydroxyl groups excluding tert-OH is 1. The smallest absolute Gasteiger partial charge is 0.336 e. The summed E-state index contributed by atoms with van der Waals surface area (Å²) in [6.07, 6.45) is 1.83. The molecule has 0 radical (unpaired) electrons. The molecule has 1 atom stereocenters. The van der Waals surface area contributed by atoms with Gasteiger partial charge in [-0.15, -0.1) is 0 Å². The number of rotatable bonds is 0. The van der Waals surface area contributed by atoms with Crippen molar-refractivity contribution in [3.8, 4) is 0 Å². The zero-order valence-electron chi connectivity index (χ0n) is 5.61. The summed E-state index contributed by atoms with van der Waals surface area (Å²) in [6.45, 7) is 0.279. The first-order valence-electron chi connectivity index (χ1n) is 3.21. The predicted molar refractivity (Wildman–Crippen MR) is 34.2 cm³/mol. The highest BCUT2D eigenvalue weighted by Gasteiger charge is 2.28. The molecular formula is C7H6O4. The summed E-state index contributed by atoms with van der Waals surface area (Å²) in [5.74, 6) is -0.0236. The first kappa shape index (κ1) is 6.57. The van der Waals surface area contributed by atoms with Crippen LogP contribution in [0.15, 0.2) is 23.5 Å². The zero-order chi connectivity index (χ0) is 7.84. The van der Waals surface area contributed by atoms with Gasteiger partial charge in [-0.3, -0.25) is 0 Å². The molecule has 0 aromatic heterocycles. The number of aliphatic hydroxyl groups is 1. The Labute approximate surface area is 62.7 Å². The Hall–Kier alpha value is -1.13. The van der Waals surface area contributed by atoms with E-state index >= 15 is 0 Å². The topological polar surface area (TPSA) is 55.8 Å². The maximum atomic E-state index is 10.6. The largest absolute Gasteiger partial charge is 0.423 e. The van der Waals surface area contributed by atoms with Gasteiger partial charge >= 0.3 is 5.97 Å². The number of carbonyl (C=O) groups excluding carboxylic acids is 1. The summed E-state index contributed by atoms with van der Waals surface area (Å²) in [7, 11) is 0. The van der Waals surface area contributed by atoms with Crippen molar-refractivity contribution in [2.75, 3.05) is 6.61 Å². The molecule has 2 aliphatic rings. The van der Waals surface area contributed by atoms with E-state index in [4.69, 9.17) is 14.6 Å². The minimum absolute atomic E-state index is 0.279. The van der Waals surface area contributed by atoms with Crippen LogP contribution in [0.3, 0.4) is 0 Å². The van der Waals surface area contributed by atoms with Crippen molar-refractivity contribution in [3.63, 3.8) is 0 Å². The number of fused-ring (bicyclic) bond motifs is 1. The van der Waals surface area contributed by atoms with Gasteiger partial charge in [-0.2, -0.15) is 0 Å².